The first-order chi connectivity index (χ1) is 28.7. The molecule has 2 heteroatoms. The Labute approximate surface area is 341 Å². The van der Waals surface area contributed by atoms with Gasteiger partial charge in [0.25, 0.3) is 0 Å². The summed E-state index contributed by atoms with van der Waals surface area (Å²) in [5.74, 6) is 0. The lowest BCUT2D eigenvalue weighted by atomic mass is 9.94. The van der Waals surface area contributed by atoms with Crippen LogP contribution in [0, 0.1) is 0 Å². The Balaban J connectivity index is 0.996. The minimum Gasteiger partial charge on any atom is -0.310 e. The first-order valence-electron chi connectivity index (χ1n) is 19.9. The van der Waals surface area contributed by atoms with Gasteiger partial charge < -0.3 is 4.90 Å². The summed E-state index contributed by atoms with van der Waals surface area (Å²) in [6, 6.07) is 78.2. The molecule has 0 spiro atoms. The molecule has 0 amide bonds. The third-order valence-electron chi connectivity index (χ3n) is 12.0. The van der Waals surface area contributed by atoms with Crippen LogP contribution < -0.4 is 4.90 Å². The molecular formula is C56H35NS. The predicted octanol–water partition coefficient (Wildman–Crippen LogP) is 16.5. The molecule has 1 aliphatic carbocycles. The summed E-state index contributed by atoms with van der Waals surface area (Å²) in [7, 11) is 0. The van der Waals surface area contributed by atoms with Crippen LogP contribution in [0.3, 0.4) is 0 Å². The predicted molar refractivity (Wildman–Crippen MR) is 250 cm³/mol. The van der Waals surface area contributed by atoms with E-state index in [1.165, 1.54) is 97.4 Å². The molecule has 270 valence electrons. The summed E-state index contributed by atoms with van der Waals surface area (Å²) in [6.07, 6.45) is 0. The number of hydrogen-bond acceptors (Lipinski definition) is 2. The van der Waals surface area contributed by atoms with Crippen LogP contribution in [0.4, 0.5) is 17.1 Å². The van der Waals surface area contributed by atoms with Gasteiger partial charge in [-0.05, 0) is 120 Å². The van der Waals surface area contributed by atoms with E-state index >= 15 is 0 Å². The van der Waals surface area contributed by atoms with E-state index in [2.05, 4.69) is 217 Å². The molecule has 58 heavy (non-hydrogen) atoms. The van der Waals surface area contributed by atoms with Crippen molar-refractivity contribution in [2.75, 3.05) is 4.90 Å². The van der Waals surface area contributed by atoms with Gasteiger partial charge in [0.05, 0.1) is 0 Å². The molecule has 10 aromatic carbocycles. The third-order valence-corrected chi connectivity index (χ3v) is 13.1. The lowest BCUT2D eigenvalue weighted by Crippen LogP contribution is -2.10. The Bertz CT molecular complexity index is 3380. The van der Waals surface area contributed by atoms with E-state index in [0.29, 0.717) is 0 Å². The van der Waals surface area contributed by atoms with Gasteiger partial charge in [0.1, 0.15) is 0 Å². The minimum atomic E-state index is 1.12. The van der Waals surface area contributed by atoms with E-state index in [0.717, 1.165) is 17.1 Å². The monoisotopic (exact) mass is 753 g/mol. The van der Waals surface area contributed by atoms with Crippen molar-refractivity contribution in [2.45, 2.75) is 0 Å². The number of rotatable bonds is 6. The van der Waals surface area contributed by atoms with Crippen LogP contribution >= 0.6 is 11.3 Å². The Morgan fingerprint density at radius 1 is 0.276 bits per heavy atom. The Morgan fingerprint density at radius 3 is 1.62 bits per heavy atom. The fourth-order valence-corrected chi connectivity index (χ4v) is 10.5. The van der Waals surface area contributed by atoms with Crippen LogP contribution in [-0.2, 0) is 0 Å². The molecule has 0 unspecified atom stereocenters. The van der Waals surface area contributed by atoms with E-state index < -0.39 is 0 Å². The van der Waals surface area contributed by atoms with E-state index in [9.17, 15) is 0 Å². The van der Waals surface area contributed by atoms with E-state index in [1.54, 1.807) is 0 Å². The number of hydrogen-bond donors (Lipinski definition) is 0. The molecule has 1 aliphatic rings. The molecule has 0 bridgehead atoms. The number of thiophene rings is 1. The summed E-state index contributed by atoms with van der Waals surface area (Å²) in [4.78, 5) is 2.43. The fraction of sp³-hybridized carbons (Fsp3) is 0. The number of anilines is 3. The van der Waals surface area contributed by atoms with Crippen LogP contribution in [0.1, 0.15) is 0 Å². The quantitative estimate of drug-likeness (QED) is 0.163. The molecular weight excluding hydrogens is 719 g/mol. The van der Waals surface area contributed by atoms with Crippen LogP contribution in [0.2, 0.25) is 0 Å². The average Bonchev–Trinajstić information content (AvgIpc) is 3.82. The van der Waals surface area contributed by atoms with Crippen molar-refractivity contribution in [3.63, 3.8) is 0 Å². The average molecular weight is 754 g/mol. The Hall–Kier alpha value is -7.26. The first kappa shape index (κ1) is 32.9. The second-order valence-electron chi connectivity index (χ2n) is 15.3. The van der Waals surface area contributed by atoms with Crippen molar-refractivity contribution >= 4 is 70.1 Å². The van der Waals surface area contributed by atoms with Crippen LogP contribution in [0.15, 0.2) is 212 Å². The molecule has 11 aromatic rings. The van der Waals surface area contributed by atoms with Gasteiger partial charge in [-0.1, -0.05) is 170 Å². The highest BCUT2D eigenvalue weighted by atomic mass is 32.1. The number of fused-ring (bicyclic) bond motifs is 7. The topological polar surface area (TPSA) is 3.24 Å². The maximum absolute atomic E-state index is 2.43. The molecule has 1 aromatic heterocycles. The molecule has 0 N–H and O–H groups in total. The van der Waals surface area contributed by atoms with Gasteiger partial charge in [-0.25, -0.2) is 0 Å². The lowest BCUT2D eigenvalue weighted by molar-refractivity contribution is 1.29. The van der Waals surface area contributed by atoms with Crippen molar-refractivity contribution in [1.82, 2.24) is 0 Å². The molecule has 1 nitrogen and oxygen atoms in total. The summed E-state index contributed by atoms with van der Waals surface area (Å²) in [5, 5.41) is 7.74. The standard InChI is InChI=1S/C56H35NS/c1-2-11-36(12-3-1)45-18-6-7-19-47(45)40-25-30-49-50-32-29-43(35-55(50)58-54(49)33-40)57(41-26-23-38(24-27-41)46-20-8-14-37-13-4-5-17-44(37)46)42-28-31-48-51-21-9-15-39-16-10-22-52(56(39)51)53(48)34-42/h1-35H. The maximum atomic E-state index is 2.43. The first-order valence-corrected chi connectivity index (χ1v) is 20.7. The van der Waals surface area contributed by atoms with Crippen molar-refractivity contribution in [2.24, 2.45) is 0 Å². The van der Waals surface area contributed by atoms with Crippen molar-refractivity contribution in [1.29, 1.82) is 0 Å². The Kier molecular flexibility index (Phi) is 7.47. The smallest absolute Gasteiger partial charge is 0.0476 e. The molecule has 0 saturated carbocycles. The van der Waals surface area contributed by atoms with Gasteiger partial charge in [0.2, 0.25) is 0 Å². The highest BCUT2D eigenvalue weighted by molar-refractivity contribution is 7.25. The van der Waals surface area contributed by atoms with Crippen LogP contribution in [-0.4, -0.2) is 0 Å². The van der Waals surface area contributed by atoms with E-state index in [1.807, 2.05) is 11.3 Å². The van der Waals surface area contributed by atoms with Crippen LogP contribution in [0.25, 0.3) is 97.4 Å². The van der Waals surface area contributed by atoms with Crippen molar-refractivity contribution in [3.8, 4) is 55.6 Å². The van der Waals surface area contributed by atoms with Crippen molar-refractivity contribution in [3.05, 3.63) is 212 Å². The zero-order valence-electron chi connectivity index (χ0n) is 31.6. The largest absolute Gasteiger partial charge is 0.310 e. The molecule has 0 atom stereocenters. The minimum absolute atomic E-state index is 1.12. The van der Waals surface area contributed by atoms with Crippen LogP contribution in [0.5, 0.6) is 0 Å². The van der Waals surface area contributed by atoms with Gasteiger partial charge in [-0.2, -0.15) is 0 Å². The highest BCUT2D eigenvalue weighted by Gasteiger charge is 2.24. The molecule has 0 saturated heterocycles. The SMILES string of the molecule is c1ccc(-c2ccccc2-c2ccc3c(c2)sc2cc(N(c4ccc(-c5cccc6ccccc56)cc4)c4ccc5c(c4)-c4cccc6cccc-5c46)ccc23)cc1. The summed E-state index contributed by atoms with van der Waals surface area (Å²) in [6.45, 7) is 0. The number of nitrogens with zero attached hydrogens (tertiary/aromatic N) is 1. The second kappa shape index (κ2) is 13.2. The van der Waals surface area contributed by atoms with Gasteiger partial charge in [0, 0.05) is 37.2 Å². The summed E-state index contributed by atoms with van der Waals surface area (Å²) >= 11 is 1.88. The van der Waals surface area contributed by atoms with Crippen molar-refractivity contribution < 1.29 is 0 Å². The molecule has 0 radical (unpaired) electrons. The van der Waals surface area contributed by atoms with Gasteiger partial charge in [0.15, 0.2) is 0 Å². The highest BCUT2D eigenvalue weighted by Crippen LogP contribution is 2.50. The number of benzene rings is 10. The maximum Gasteiger partial charge on any atom is 0.0476 e. The van der Waals surface area contributed by atoms with Gasteiger partial charge in [-0.3, -0.25) is 0 Å². The zero-order chi connectivity index (χ0) is 38.2. The lowest BCUT2D eigenvalue weighted by Gasteiger charge is -2.26. The fourth-order valence-electron chi connectivity index (χ4n) is 9.31. The third kappa shape index (κ3) is 5.23. The summed E-state index contributed by atoms with van der Waals surface area (Å²) < 4.78 is 2.57. The Morgan fingerprint density at radius 2 is 0.810 bits per heavy atom. The molecule has 1 heterocycles. The molecule has 0 fully saturated rings. The van der Waals surface area contributed by atoms with E-state index in [4.69, 9.17) is 0 Å². The second-order valence-corrected chi connectivity index (χ2v) is 16.3. The van der Waals surface area contributed by atoms with Gasteiger partial charge in [-0.15, -0.1) is 11.3 Å². The summed E-state index contributed by atoms with van der Waals surface area (Å²) in [5.41, 5.74) is 16.0. The molecule has 0 aliphatic heterocycles. The van der Waals surface area contributed by atoms with Gasteiger partial charge >= 0.3 is 0 Å². The van der Waals surface area contributed by atoms with E-state index in [-0.39, 0.29) is 0 Å². The normalized spacial score (nSPS) is 11.8. The molecule has 12 rings (SSSR count). The zero-order valence-corrected chi connectivity index (χ0v) is 32.4.